The number of halogens is 4. The monoisotopic (exact) mass is 394 g/mol. The Balaban J connectivity index is 2.01. The largest absolute Gasteiger partial charge is 0.419 e. The number of rotatable bonds is 5. The standard InChI is InChI=1S/C20H15ClF3OP/c21-16-13-11-15(12-14-16)19(20(22,23)24)25-26(17-7-3-1-4-8-17)18-9-5-2-6-10-18/h1-14,19H. The summed E-state index contributed by atoms with van der Waals surface area (Å²) in [6, 6.07) is 23.5. The minimum Gasteiger partial charge on any atom is -0.332 e. The molecule has 0 fully saturated rings. The molecule has 3 aromatic rings. The van der Waals surface area contributed by atoms with Gasteiger partial charge in [0.1, 0.15) is 0 Å². The molecule has 3 rings (SSSR count). The van der Waals surface area contributed by atoms with Crippen LogP contribution in [0.25, 0.3) is 0 Å². The molecule has 0 aromatic heterocycles. The van der Waals surface area contributed by atoms with Gasteiger partial charge in [-0.2, -0.15) is 13.2 Å². The third kappa shape index (κ3) is 4.64. The molecule has 0 radical (unpaired) electrons. The quantitative estimate of drug-likeness (QED) is 0.482. The number of hydrogen-bond donors (Lipinski definition) is 0. The molecule has 0 aliphatic rings. The zero-order valence-corrected chi connectivity index (χ0v) is 15.2. The van der Waals surface area contributed by atoms with E-state index in [2.05, 4.69) is 0 Å². The van der Waals surface area contributed by atoms with E-state index < -0.39 is 20.4 Å². The average Bonchev–Trinajstić information content (AvgIpc) is 2.64. The molecule has 0 N–H and O–H groups in total. The van der Waals surface area contributed by atoms with Crippen molar-refractivity contribution in [3.63, 3.8) is 0 Å². The third-order valence-corrected chi connectivity index (χ3v) is 5.87. The van der Waals surface area contributed by atoms with Crippen molar-refractivity contribution in [1.82, 2.24) is 0 Å². The fourth-order valence-electron chi connectivity index (χ4n) is 2.45. The Kier molecular flexibility index (Phi) is 5.98. The lowest BCUT2D eigenvalue weighted by Gasteiger charge is -2.27. The highest BCUT2D eigenvalue weighted by atomic mass is 35.5. The smallest absolute Gasteiger partial charge is 0.332 e. The van der Waals surface area contributed by atoms with E-state index in [0.717, 1.165) is 10.6 Å². The van der Waals surface area contributed by atoms with Crippen LogP contribution in [0.4, 0.5) is 13.2 Å². The van der Waals surface area contributed by atoms with E-state index in [4.69, 9.17) is 16.1 Å². The Morgan fingerprint density at radius 3 is 1.62 bits per heavy atom. The molecular formula is C20H15ClF3OP. The molecule has 0 spiro atoms. The summed E-state index contributed by atoms with van der Waals surface area (Å²) in [7, 11) is -1.64. The van der Waals surface area contributed by atoms with E-state index in [9.17, 15) is 13.2 Å². The lowest BCUT2D eigenvalue weighted by Crippen LogP contribution is -2.25. The van der Waals surface area contributed by atoms with Gasteiger partial charge in [0, 0.05) is 15.6 Å². The van der Waals surface area contributed by atoms with Gasteiger partial charge in [-0.1, -0.05) is 84.4 Å². The Morgan fingerprint density at radius 1 is 0.731 bits per heavy atom. The van der Waals surface area contributed by atoms with E-state index in [0.29, 0.717) is 5.02 Å². The molecule has 1 unspecified atom stereocenters. The van der Waals surface area contributed by atoms with Crippen molar-refractivity contribution >= 4 is 30.4 Å². The maximum absolute atomic E-state index is 13.8. The van der Waals surface area contributed by atoms with Crippen LogP contribution in [0.3, 0.4) is 0 Å². The molecule has 0 amide bonds. The highest BCUT2D eigenvalue weighted by Gasteiger charge is 2.44. The van der Waals surface area contributed by atoms with Crippen molar-refractivity contribution in [2.24, 2.45) is 0 Å². The second kappa shape index (κ2) is 8.22. The molecule has 0 saturated carbocycles. The second-order valence-electron chi connectivity index (χ2n) is 5.54. The van der Waals surface area contributed by atoms with Crippen LogP contribution in [0, 0.1) is 0 Å². The first-order chi connectivity index (χ1) is 12.4. The lowest BCUT2D eigenvalue weighted by molar-refractivity contribution is -0.195. The molecule has 0 bridgehead atoms. The molecule has 0 heterocycles. The first-order valence-corrected chi connectivity index (χ1v) is 9.48. The normalized spacial score (nSPS) is 13.0. The lowest BCUT2D eigenvalue weighted by atomic mass is 10.1. The minimum absolute atomic E-state index is 0.0289. The van der Waals surface area contributed by atoms with Gasteiger partial charge in [-0.3, -0.25) is 0 Å². The van der Waals surface area contributed by atoms with Crippen LogP contribution in [-0.4, -0.2) is 6.18 Å². The summed E-state index contributed by atoms with van der Waals surface area (Å²) in [6.07, 6.45) is -6.58. The molecule has 0 aliphatic carbocycles. The predicted molar refractivity (Wildman–Crippen MR) is 100 cm³/mol. The topological polar surface area (TPSA) is 9.23 Å². The first-order valence-electron chi connectivity index (χ1n) is 7.84. The molecule has 134 valence electrons. The summed E-state index contributed by atoms with van der Waals surface area (Å²) < 4.78 is 47.0. The van der Waals surface area contributed by atoms with E-state index in [1.54, 1.807) is 48.5 Å². The minimum atomic E-state index is -4.54. The van der Waals surface area contributed by atoms with Gasteiger partial charge in [0.25, 0.3) is 0 Å². The van der Waals surface area contributed by atoms with Gasteiger partial charge in [-0.15, -0.1) is 0 Å². The highest BCUT2D eigenvalue weighted by Crippen LogP contribution is 2.47. The molecule has 26 heavy (non-hydrogen) atoms. The summed E-state index contributed by atoms with van der Waals surface area (Å²) in [6.45, 7) is 0. The zero-order chi connectivity index (χ0) is 18.6. The van der Waals surface area contributed by atoms with Crippen molar-refractivity contribution in [3.8, 4) is 0 Å². The number of benzene rings is 3. The van der Waals surface area contributed by atoms with E-state index in [1.807, 2.05) is 12.1 Å². The summed E-state index contributed by atoms with van der Waals surface area (Å²) in [5, 5.41) is 1.82. The van der Waals surface area contributed by atoms with E-state index >= 15 is 0 Å². The van der Waals surface area contributed by atoms with Crippen LogP contribution >= 0.6 is 19.7 Å². The summed E-state index contributed by atoms with van der Waals surface area (Å²) >= 11 is 5.81. The Labute approximate surface area is 156 Å². The van der Waals surface area contributed by atoms with Crippen molar-refractivity contribution in [2.45, 2.75) is 12.3 Å². The van der Waals surface area contributed by atoms with Gasteiger partial charge in [0.15, 0.2) is 6.10 Å². The average molecular weight is 395 g/mol. The van der Waals surface area contributed by atoms with Crippen molar-refractivity contribution < 1.29 is 17.7 Å². The van der Waals surface area contributed by atoms with Crippen LogP contribution in [0.2, 0.25) is 5.02 Å². The zero-order valence-electron chi connectivity index (χ0n) is 13.5. The van der Waals surface area contributed by atoms with Crippen LogP contribution in [0.5, 0.6) is 0 Å². The molecule has 1 atom stereocenters. The Morgan fingerprint density at radius 2 is 1.19 bits per heavy atom. The highest BCUT2D eigenvalue weighted by molar-refractivity contribution is 7.68. The van der Waals surface area contributed by atoms with Gasteiger partial charge in [-0.25, -0.2) is 0 Å². The summed E-state index contributed by atoms with van der Waals surface area (Å²) in [5.41, 5.74) is 0.0289. The molecule has 3 aromatic carbocycles. The fourth-order valence-corrected chi connectivity index (χ4v) is 4.46. The Bertz CT molecular complexity index is 784. The van der Waals surface area contributed by atoms with Gasteiger partial charge < -0.3 is 4.52 Å². The predicted octanol–water partition coefficient (Wildman–Crippen LogP) is 6.01. The summed E-state index contributed by atoms with van der Waals surface area (Å²) in [5.74, 6) is 0. The van der Waals surface area contributed by atoms with Crippen molar-refractivity contribution in [1.29, 1.82) is 0 Å². The van der Waals surface area contributed by atoms with Crippen molar-refractivity contribution in [3.05, 3.63) is 95.5 Å². The first kappa shape index (κ1) is 18.9. The SMILES string of the molecule is FC(F)(F)C(OP(c1ccccc1)c1ccccc1)c1ccc(Cl)cc1. The Hall–Kier alpha value is -1.87. The maximum atomic E-state index is 13.8. The van der Waals surface area contributed by atoms with Gasteiger partial charge >= 0.3 is 6.18 Å². The second-order valence-corrected chi connectivity index (χ2v) is 7.81. The van der Waals surface area contributed by atoms with E-state index in [-0.39, 0.29) is 5.56 Å². The fraction of sp³-hybridized carbons (Fsp3) is 0.100. The van der Waals surface area contributed by atoms with Crippen LogP contribution in [-0.2, 0) is 4.52 Å². The third-order valence-electron chi connectivity index (χ3n) is 3.66. The summed E-state index contributed by atoms with van der Waals surface area (Å²) in [4.78, 5) is 0. The van der Waals surface area contributed by atoms with Crippen molar-refractivity contribution in [2.75, 3.05) is 0 Å². The van der Waals surface area contributed by atoms with Gasteiger partial charge in [0.05, 0.1) is 8.15 Å². The van der Waals surface area contributed by atoms with E-state index in [1.165, 1.54) is 24.3 Å². The maximum Gasteiger partial charge on any atom is 0.419 e. The van der Waals surface area contributed by atoms with Crippen LogP contribution in [0.15, 0.2) is 84.9 Å². The molecule has 1 nitrogen and oxygen atoms in total. The van der Waals surface area contributed by atoms with Gasteiger partial charge in [-0.05, 0) is 17.7 Å². The molecule has 0 aliphatic heterocycles. The molecule has 6 heteroatoms. The number of alkyl halides is 3. The van der Waals surface area contributed by atoms with Crippen LogP contribution < -0.4 is 10.6 Å². The van der Waals surface area contributed by atoms with Gasteiger partial charge in [0.2, 0.25) is 0 Å². The number of hydrogen-bond acceptors (Lipinski definition) is 1. The molecular weight excluding hydrogens is 380 g/mol. The molecule has 0 saturated heterocycles. The van der Waals surface area contributed by atoms with Crippen LogP contribution in [0.1, 0.15) is 11.7 Å².